The minimum absolute atomic E-state index is 0.210. The van der Waals surface area contributed by atoms with Gasteiger partial charge in [0.05, 0.1) is 0 Å². The van der Waals surface area contributed by atoms with E-state index in [4.69, 9.17) is 0 Å². The van der Waals surface area contributed by atoms with Crippen LogP contribution in [0.5, 0.6) is 0 Å². The van der Waals surface area contributed by atoms with Crippen molar-refractivity contribution in [2.24, 2.45) is 0 Å². The number of carbonyl (C=O) groups is 2. The maximum Gasteiger partial charge on any atom is 0.331 e. The molecule has 0 radical (unpaired) electrons. The molecule has 0 aromatic rings. The van der Waals surface area contributed by atoms with E-state index in [2.05, 4.69) is 0 Å². The zero-order valence-electron chi connectivity index (χ0n) is 9.65. The van der Waals surface area contributed by atoms with Crippen LogP contribution in [0.25, 0.3) is 0 Å². The Hall–Kier alpha value is -1.52. The standard InChI is InChI=1S/C10H17N3O2/c1-5-12-8(7-11(3)4)9(14)13(6-2)10(12)15/h7H,5-6H2,1-4H3. The van der Waals surface area contributed by atoms with Crippen LogP contribution < -0.4 is 0 Å². The molecule has 1 rings (SSSR count). The third-order valence-electron chi connectivity index (χ3n) is 2.23. The molecule has 1 fully saturated rings. The summed E-state index contributed by atoms with van der Waals surface area (Å²) in [6.07, 6.45) is 1.68. The first-order valence-electron chi connectivity index (χ1n) is 5.04. The van der Waals surface area contributed by atoms with E-state index in [0.717, 1.165) is 0 Å². The molecule has 15 heavy (non-hydrogen) atoms. The van der Waals surface area contributed by atoms with Crippen molar-refractivity contribution < 1.29 is 9.59 Å². The third kappa shape index (κ3) is 1.95. The number of urea groups is 1. The zero-order chi connectivity index (χ0) is 11.6. The van der Waals surface area contributed by atoms with Gasteiger partial charge in [0.2, 0.25) is 0 Å². The number of rotatable bonds is 3. The molecule has 5 heteroatoms. The lowest BCUT2D eigenvalue weighted by atomic mass is 10.4. The molecular formula is C10H17N3O2. The van der Waals surface area contributed by atoms with Crippen molar-refractivity contribution in [1.82, 2.24) is 14.7 Å². The van der Waals surface area contributed by atoms with Gasteiger partial charge >= 0.3 is 6.03 Å². The summed E-state index contributed by atoms with van der Waals surface area (Å²) in [6, 6.07) is -0.224. The van der Waals surface area contributed by atoms with E-state index in [1.165, 1.54) is 9.80 Å². The highest BCUT2D eigenvalue weighted by Gasteiger charge is 2.39. The molecule has 0 aromatic carbocycles. The molecule has 1 aliphatic rings. The predicted octanol–water partition coefficient (Wildman–Crippen LogP) is 0.693. The van der Waals surface area contributed by atoms with Crippen molar-refractivity contribution in [2.75, 3.05) is 27.2 Å². The van der Waals surface area contributed by atoms with Crippen LogP contribution in [0, 0.1) is 0 Å². The molecule has 0 atom stereocenters. The molecule has 1 aliphatic heterocycles. The minimum Gasteiger partial charge on any atom is -0.382 e. The minimum atomic E-state index is -0.224. The maximum absolute atomic E-state index is 11.8. The van der Waals surface area contributed by atoms with E-state index in [9.17, 15) is 9.59 Å². The lowest BCUT2D eigenvalue weighted by molar-refractivity contribution is -0.123. The summed E-state index contributed by atoms with van der Waals surface area (Å²) in [5.74, 6) is -0.210. The van der Waals surface area contributed by atoms with Crippen LogP contribution in [0.1, 0.15) is 13.8 Å². The normalized spacial score (nSPS) is 19.3. The van der Waals surface area contributed by atoms with Crippen molar-refractivity contribution in [3.05, 3.63) is 11.9 Å². The topological polar surface area (TPSA) is 43.9 Å². The number of imide groups is 1. The predicted molar refractivity (Wildman–Crippen MR) is 56.9 cm³/mol. The number of likely N-dealkylation sites (N-methyl/N-ethyl adjacent to an activating group) is 2. The lowest BCUT2D eigenvalue weighted by Crippen LogP contribution is -2.32. The van der Waals surface area contributed by atoms with E-state index in [1.807, 2.05) is 21.0 Å². The first-order valence-corrected chi connectivity index (χ1v) is 5.04. The summed E-state index contributed by atoms with van der Waals surface area (Å²) in [7, 11) is 3.65. The smallest absolute Gasteiger partial charge is 0.331 e. The number of hydrogen-bond donors (Lipinski definition) is 0. The lowest BCUT2D eigenvalue weighted by Gasteiger charge is -2.14. The molecule has 3 amide bonds. The highest BCUT2D eigenvalue weighted by molar-refractivity contribution is 6.11. The van der Waals surface area contributed by atoms with Gasteiger partial charge in [-0.05, 0) is 13.8 Å². The van der Waals surface area contributed by atoms with Crippen LogP contribution in [-0.2, 0) is 4.79 Å². The van der Waals surface area contributed by atoms with Gasteiger partial charge in [0.25, 0.3) is 5.91 Å². The Morgan fingerprint density at radius 3 is 2.07 bits per heavy atom. The summed E-state index contributed by atoms with van der Waals surface area (Å²) in [4.78, 5) is 28.1. The summed E-state index contributed by atoms with van der Waals surface area (Å²) >= 11 is 0. The Labute approximate surface area is 89.9 Å². The second-order valence-corrected chi connectivity index (χ2v) is 3.55. The van der Waals surface area contributed by atoms with Crippen LogP contribution in [0.4, 0.5) is 4.79 Å². The molecule has 5 nitrogen and oxygen atoms in total. The SMILES string of the molecule is CCN1C(=O)C(=CN(C)C)N(CC)C1=O. The molecule has 1 heterocycles. The van der Waals surface area contributed by atoms with Crippen LogP contribution in [0.3, 0.4) is 0 Å². The molecule has 0 saturated carbocycles. The molecule has 0 aliphatic carbocycles. The van der Waals surface area contributed by atoms with Crippen molar-refractivity contribution in [1.29, 1.82) is 0 Å². The first kappa shape index (κ1) is 11.6. The fourth-order valence-corrected chi connectivity index (χ4v) is 1.54. The molecule has 1 saturated heterocycles. The summed E-state index contributed by atoms with van der Waals surface area (Å²) in [5.41, 5.74) is 0.453. The average molecular weight is 211 g/mol. The third-order valence-corrected chi connectivity index (χ3v) is 2.23. The van der Waals surface area contributed by atoms with Gasteiger partial charge in [-0.2, -0.15) is 0 Å². The van der Waals surface area contributed by atoms with Gasteiger partial charge in [-0.3, -0.25) is 14.6 Å². The van der Waals surface area contributed by atoms with E-state index in [-0.39, 0.29) is 11.9 Å². The fraction of sp³-hybridized carbons (Fsp3) is 0.600. The van der Waals surface area contributed by atoms with Crippen LogP contribution in [0.15, 0.2) is 11.9 Å². The first-order chi connectivity index (χ1) is 7.02. The molecule has 0 unspecified atom stereocenters. The van der Waals surface area contributed by atoms with Gasteiger partial charge in [-0.25, -0.2) is 4.79 Å². The van der Waals surface area contributed by atoms with Gasteiger partial charge in [-0.15, -0.1) is 0 Å². The van der Waals surface area contributed by atoms with Crippen LogP contribution in [-0.4, -0.2) is 53.8 Å². The Balaban J connectivity index is 3.06. The number of carbonyl (C=O) groups excluding carboxylic acids is 2. The monoisotopic (exact) mass is 211 g/mol. The van der Waals surface area contributed by atoms with Gasteiger partial charge in [0, 0.05) is 33.4 Å². The second kappa shape index (κ2) is 4.33. The Bertz CT molecular complexity index is 310. The van der Waals surface area contributed by atoms with Crippen molar-refractivity contribution in [3.8, 4) is 0 Å². The maximum atomic E-state index is 11.8. The molecule has 0 bridgehead atoms. The number of nitrogens with zero attached hydrogens (tertiary/aromatic N) is 3. The van der Waals surface area contributed by atoms with Gasteiger partial charge in [0.15, 0.2) is 0 Å². The Kier molecular flexibility index (Phi) is 3.34. The molecule has 84 valence electrons. The van der Waals surface area contributed by atoms with Crippen molar-refractivity contribution in [3.63, 3.8) is 0 Å². The van der Waals surface area contributed by atoms with Crippen molar-refractivity contribution in [2.45, 2.75) is 13.8 Å². The van der Waals surface area contributed by atoms with Gasteiger partial charge in [-0.1, -0.05) is 0 Å². The molecular weight excluding hydrogens is 194 g/mol. The van der Waals surface area contributed by atoms with Crippen LogP contribution in [0.2, 0.25) is 0 Å². The van der Waals surface area contributed by atoms with E-state index in [0.29, 0.717) is 18.8 Å². The number of amides is 3. The zero-order valence-corrected chi connectivity index (χ0v) is 9.65. The fourth-order valence-electron chi connectivity index (χ4n) is 1.54. The molecule has 0 aromatic heterocycles. The summed E-state index contributed by atoms with van der Waals surface area (Å²) in [5, 5.41) is 0. The van der Waals surface area contributed by atoms with Gasteiger partial charge < -0.3 is 4.90 Å². The highest BCUT2D eigenvalue weighted by Crippen LogP contribution is 2.20. The Morgan fingerprint density at radius 2 is 1.67 bits per heavy atom. The van der Waals surface area contributed by atoms with E-state index in [1.54, 1.807) is 18.0 Å². The summed E-state index contributed by atoms with van der Waals surface area (Å²) in [6.45, 7) is 4.58. The Morgan fingerprint density at radius 1 is 1.13 bits per heavy atom. The van der Waals surface area contributed by atoms with Gasteiger partial charge in [0.1, 0.15) is 5.70 Å². The van der Waals surface area contributed by atoms with Crippen molar-refractivity contribution >= 4 is 11.9 Å². The average Bonchev–Trinajstić information content (AvgIpc) is 2.38. The van der Waals surface area contributed by atoms with E-state index < -0.39 is 0 Å². The highest BCUT2D eigenvalue weighted by atomic mass is 16.2. The molecule has 0 N–H and O–H groups in total. The largest absolute Gasteiger partial charge is 0.382 e. The van der Waals surface area contributed by atoms with E-state index >= 15 is 0 Å². The second-order valence-electron chi connectivity index (χ2n) is 3.55. The molecule has 0 spiro atoms. The quantitative estimate of drug-likeness (QED) is 0.509. The number of hydrogen-bond acceptors (Lipinski definition) is 3. The summed E-state index contributed by atoms with van der Waals surface area (Å²) < 4.78 is 0. The van der Waals surface area contributed by atoms with Crippen LogP contribution >= 0.6 is 0 Å².